The van der Waals surface area contributed by atoms with Crippen LogP contribution in [0.3, 0.4) is 0 Å². The third-order valence-electron chi connectivity index (χ3n) is 4.98. The van der Waals surface area contributed by atoms with Gasteiger partial charge in [-0.15, -0.1) is 0 Å². The van der Waals surface area contributed by atoms with Crippen LogP contribution in [0, 0.1) is 0 Å². The number of rotatable bonds is 8. The molecule has 0 saturated carbocycles. The van der Waals surface area contributed by atoms with Crippen LogP contribution in [0.1, 0.15) is 11.1 Å². The molecule has 4 nitrogen and oxygen atoms in total. The normalized spacial score (nSPS) is 21.5. The van der Waals surface area contributed by atoms with Crippen molar-refractivity contribution in [1.82, 2.24) is 0 Å². The lowest BCUT2D eigenvalue weighted by Gasteiger charge is -2.30. The molecule has 0 unspecified atom stereocenters. The summed E-state index contributed by atoms with van der Waals surface area (Å²) in [4.78, 5) is 3.11. The van der Waals surface area contributed by atoms with Crippen LogP contribution in [0.15, 0.2) is 54.6 Å². The van der Waals surface area contributed by atoms with Gasteiger partial charge in [-0.25, -0.2) is 0 Å². The van der Waals surface area contributed by atoms with Gasteiger partial charge in [0.15, 0.2) is 0 Å². The van der Waals surface area contributed by atoms with E-state index in [0.29, 0.717) is 13.2 Å². The third-order valence-corrected chi connectivity index (χ3v) is 5.23. The molecule has 3 N–H and O–H groups in total. The summed E-state index contributed by atoms with van der Waals surface area (Å²) < 4.78 is 5.65. The van der Waals surface area contributed by atoms with Crippen LogP contribution in [0.5, 0.6) is 0 Å². The van der Waals surface area contributed by atoms with Crippen LogP contribution in [0.25, 0.3) is 0 Å². The fourth-order valence-corrected chi connectivity index (χ4v) is 3.63. The Balaban J connectivity index is 1.31. The summed E-state index contributed by atoms with van der Waals surface area (Å²) in [7, 11) is 0. The van der Waals surface area contributed by atoms with Gasteiger partial charge in [0.2, 0.25) is 0 Å². The highest BCUT2D eigenvalue weighted by atomic mass is 35.5. The van der Waals surface area contributed by atoms with Gasteiger partial charge in [-0.05, 0) is 17.7 Å². The molecule has 0 aromatic heterocycles. The van der Waals surface area contributed by atoms with E-state index >= 15 is 0 Å². The van der Waals surface area contributed by atoms with Crippen molar-refractivity contribution in [2.24, 2.45) is 0 Å². The lowest BCUT2D eigenvalue weighted by Crippen LogP contribution is -3.28. The van der Waals surface area contributed by atoms with Crippen molar-refractivity contribution in [1.29, 1.82) is 0 Å². The van der Waals surface area contributed by atoms with Crippen LogP contribution in [0.4, 0.5) is 0 Å². The lowest BCUT2D eigenvalue weighted by atomic mass is 10.2. The molecule has 1 saturated heterocycles. The minimum atomic E-state index is -0.409. The number of quaternary nitrogens is 2. The number of nitrogens with one attached hydrogen (secondary N) is 2. The smallest absolute Gasteiger partial charge is 0.127 e. The van der Waals surface area contributed by atoms with Crippen LogP contribution in [0.2, 0.25) is 5.02 Å². The standard InChI is InChI=1S/C21H27ClN2O2/c22-20-8-6-19(7-9-20)16-26-17-21(25)15-24-12-10-23(11-13-24)14-18-4-2-1-3-5-18/h1-9,21,25H,10-17H2/p+2/t21-/m1/s1. The summed E-state index contributed by atoms with van der Waals surface area (Å²) >= 11 is 5.87. The molecule has 2 aromatic carbocycles. The average molecular weight is 377 g/mol. The summed E-state index contributed by atoms with van der Waals surface area (Å²) in [5.74, 6) is 0. The molecular weight excluding hydrogens is 348 g/mol. The minimum absolute atomic E-state index is 0.382. The number of aliphatic hydroxyl groups excluding tert-OH is 1. The van der Waals surface area contributed by atoms with E-state index in [-0.39, 0.29) is 0 Å². The van der Waals surface area contributed by atoms with Gasteiger partial charge in [0.05, 0.1) is 13.2 Å². The number of hydrogen-bond donors (Lipinski definition) is 3. The molecule has 140 valence electrons. The van der Waals surface area contributed by atoms with Crippen molar-refractivity contribution in [2.45, 2.75) is 19.3 Å². The van der Waals surface area contributed by atoms with E-state index < -0.39 is 6.10 Å². The minimum Gasteiger partial charge on any atom is -0.385 e. The first-order chi connectivity index (χ1) is 12.7. The molecule has 1 atom stereocenters. The number of ether oxygens (including phenoxy) is 1. The van der Waals surface area contributed by atoms with Crippen molar-refractivity contribution < 1.29 is 19.6 Å². The second kappa shape index (κ2) is 10.0. The molecule has 1 aliphatic rings. The molecule has 0 aliphatic carbocycles. The fraction of sp³-hybridized carbons (Fsp3) is 0.429. The van der Waals surface area contributed by atoms with Gasteiger partial charge in [-0.1, -0.05) is 54.1 Å². The molecule has 5 heteroatoms. The zero-order chi connectivity index (χ0) is 18.2. The Morgan fingerprint density at radius 2 is 1.54 bits per heavy atom. The molecule has 26 heavy (non-hydrogen) atoms. The summed E-state index contributed by atoms with van der Waals surface area (Å²) in [5, 5.41) is 11.0. The topological polar surface area (TPSA) is 38.3 Å². The van der Waals surface area contributed by atoms with Gasteiger partial charge in [-0.3, -0.25) is 0 Å². The predicted octanol–water partition coefficient (Wildman–Crippen LogP) is 0.201. The number of piperazine rings is 1. The molecule has 3 rings (SSSR count). The van der Waals surface area contributed by atoms with E-state index in [0.717, 1.165) is 49.9 Å². The van der Waals surface area contributed by atoms with E-state index in [1.54, 1.807) is 4.90 Å². The first-order valence-corrected chi connectivity index (χ1v) is 9.78. The van der Waals surface area contributed by atoms with Crippen LogP contribution in [-0.4, -0.2) is 50.5 Å². The SMILES string of the molecule is O[C@@H](COCc1ccc(Cl)cc1)C[NH+]1CC[NH+](Cc2ccccc2)CC1. The molecule has 0 spiro atoms. The monoisotopic (exact) mass is 376 g/mol. The first kappa shape index (κ1) is 19.3. The van der Waals surface area contributed by atoms with Gasteiger partial charge in [0, 0.05) is 10.6 Å². The molecule has 2 aromatic rings. The maximum Gasteiger partial charge on any atom is 0.127 e. The van der Waals surface area contributed by atoms with Crippen LogP contribution in [-0.2, 0) is 17.9 Å². The Labute approximate surface area is 160 Å². The van der Waals surface area contributed by atoms with Gasteiger partial charge < -0.3 is 19.6 Å². The van der Waals surface area contributed by atoms with Crippen LogP contribution < -0.4 is 9.80 Å². The summed E-state index contributed by atoms with van der Waals surface area (Å²) in [6, 6.07) is 18.3. The highest BCUT2D eigenvalue weighted by Gasteiger charge is 2.24. The summed E-state index contributed by atoms with van der Waals surface area (Å²) in [5.41, 5.74) is 2.48. The van der Waals surface area contributed by atoms with E-state index in [1.807, 2.05) is 24.3 Å². The van der Waals surface area contributed by atoms with Crippen molar-refractivity contribution in [2.75, 3.05) is 39.3 Å². The molecule has 1 heterocycles. The van der Waals surface area contributed by atoms with Crippen molar-refractivity contribution in [3.05, 3.63) is 70.7 Å². The Morgan fingerprint density at radius 3 is 2.23 bits per heavy atom. The zero-order valence-electron chi connectivity index (χ0n) is 15.2. The number of hydrogen-bond acceptors (Lipinski definition) is 2. The molecule has 1 fully saturated rings. The third kappa shape index (κ3) is 6.38. The van der Waals surface area contributed by atoms with Crippen LogP contribution >= 0.6 is 11.6 Å². The van der Waals surface area contributed by atoms with Crippen molar-refractivity contribution in [3.63, 3.8) is 0 Å². The zero-order valence-corrected chi connectivity index (χ0v) is 15.9. The molecule has 0 amide bonds. The number of halogens is 1. The van der Waals surface area contributed by atoms with Crippen molar-refractivity contribution >= 4 is 11.6 Å². The Hall–Kier alpha value is -1.43. The van der Waals surface area contributed by atoms with Gasteiger partial charge in [-0.2, -0.15) is 0 Å². The molecular formula is C21H29ClN2O2+2. The fourth-order valence-electron chi connectivity index (χ4n) is 3.51. The second-order valence-corrected chi connectivity index (χ2v) is 7.60. The first-order valence-electron chi connectivity index (χ1n) is 9.40. The Kier molecular flexibility index (Phi) is 7.47. The largest absolute Gasteiger partial charge is 0.385 e. The average Bonchev–Trinajstić information content (AvgIpc) is 2.66. The van der Waals surface area contributed by atoms with Gasteiger partial charge >= 0.3 is 0 Å². The highest BCUT2D eigenvalue weighted by molar-refractivity contribution is 6.30. The van der Waals surface area contributed by atoms with E-state index in [2.05, 4.69) is 30.3 Å². The Bertz CT molecular complexity index is 643. The van der Waals surface area contributed by atoms with E-state index in [4.69, 9.17) is 16.3 Å². The molecule has 0 bridgehead atoms. The quantitative estimate of drug-likeness (QED) is 0.616. The summed E-state index contributed by atoms with van der Waals surface area (Å²) in [6.07, 6.45) is -0.409. The maximum absolute atomic E-state index is 10.3. The summed E-state index contributed by atoms with van der Waals surface area (Å²) in [6.45, 7) is 7.28. The van der Waals surface area contributed by atoms with E-state index in [1.165, 1.54) is 10.5 Å². The van der Waals surface area contributed by atoms with Gasteiger partial charge in [0.25, 0.3) is 0 Å². The number of benzene rings is 2. The highest BCUT2D eigenvalue weighted by Crippen LogP contribution is 2.10. The molecule has 0 radical (unpaired) electrons. The second-order valence-electron chi connectivity index (χ2n) is 7.16. The number of aliphatic hydroxyl groups is 1. The van der Waals surface area contributed by atoms with Gasteiger partial charge in [0.1, 0.15) is 45.4 Å². The van der Waals surface area contributed by atoms with Crippen molar-refractivity contribution in [3.8, 4) is 0 Å². The predicted molar refractivity (Wildman–Crippen MR) is 104 cm³/mol. The van der Waals surface area contributed by atoms with E-state index in [9.17, 15) is 5.11 Å². The lowest BCUT2D eigenvalue weighted by molar-refractivity contribution is -1.02. The Morgan fingerprint density at radius 1 is 0.885 bits per heavy atom. The molecule has 1 aliphatic heterocycles. The maximum atomic E-state index is 10.3.